The van der Waals surface area contributed by atoms with Gasteiger partial charge in [-0.1, -0.05) is 26.2 Å². The number of esters is 1. The van der Waals surface area contributed by atoms with Crippen LogP contribution in [0.1, 0.15) is 93.5 Å². The molecule has 0 saturated carbocycles. The average molecular weight is 628 g/mol. The molecule has 4 N–H and O–H groups in total. The molecular formula is C31H41N5O7S. The van der Waals surface area contributed by atoms with Crippen LogP contribution in [0.5, 0.6) is 0 Å². The Morgan fingerprint density at radius 3 is 2.41 bits per heavy atom. The summed E-state index contributed by atoms with van der Waals surface area (Å²) in [6.07, 6.45) is 4.04. The van der Waals surface area contributed by atoms with Crippen molar-refractivity contribution in [2.24, 2.45) is 0 Å². The number of hydrogen-bond donors (Lipinski definition) is 3. The molecule has 12 nitrogen and oxygen atoms in total. The molecule has 1 aromatic carbocycles. The summed E-state index contributed by atoms with van der Waals surface area (Å²) in [5.41, 5.74) is 6.17. The van der Waals surface area contributed by atoms with Gasteiger partial charge in [0.15, 0.2) is 5.69 Å². The van der Waals surface area contributed by atoms with Gasteiger partial charge in [0.1, 0.15) is 6.04 Å². The topological polar surface area (TPSA) is 174 Å². The molecule has 1 atom stereocenters. The first kappa shape index (κ1) is 34.2. The van der Waals surface area contributed by atoms with Crippen molar-refractivity contribution in [3.05, 3.63) is 51.3 Å². The molecular weight excluding hydrogens is 586 g/mol. The van der Waals surface area contributed by atoms with Crippen LogP contribution in [0.4, 0.5) is 5.00 Å². The van der Waals surface area contributed by atoms with Gasteiger partial charge >= 0.3 is 11.9 Å². The highest BCUT2D eigenvalue weighted by Gasteiger charge is 2.32. The lowest BCUT2D eigenvalue weighted by atomic mass is 10.0. The van der Waals surface area contributed by atoms with Gasteiger partial charge in [0.05, 0.1) is 22.7 Å². The highest BCUT2D eigenvalue weighted by Crippen LogP contribution is 2.28. The number of ether oxygens (including phenoxy) is 1. The number of anilines is 1. The molecule has 0 radical (unpaired) electrons. The van der Waals surface area contributed by atoms with Crippen molar-refractivity contribution in [2.75, 3.05) is 18.9 Å². The van der Waals surface area contributed by atoms with E-state index in [4.69, 9.17) is 15.6 Å². The SMILES string of the molecule is CCCCC(C(=O)NCCCCCC(=O)O)N(C(=O)c1ccc(-n2nc(C(=O)OCC)c3csc(N)c3c2=O)cc1)C(C)C. The van der Waals surface area contributed by atoms with Crippen molar-refractivity contribution in [3.63, 3.8) is 0 Å². The van der Waals surface area contributed by atoms with E-state index in [0.29, 0.717) is 48.9 Å². The fourth-order valence-electron chi connectivity index (χ4n) is 4.93. The first-order valence-electron chi connectivity index (χ1n) is 14.9. The van der Waals surface area contributed by atoms with E-state index in [-0.39, 0.29) is 47.0 Å². The van der Waals surface area contributed by atoms with Crippen LogP contribution in [0.2, 0.25) is 0 Å². The summed E-state index contributed by atoms with van der Waals surface area (Å²) in [7, 11) is 0. The quantitative estimate of drug-likeness (QED) is 0.154. The normalized spacial score (nSPS) is 11.8. The lowest BCUT2D eigenvalue weighted by Crippen LogP contribution is -2.52. The van der Waals surface area contributed by atoms with Gasteiger partial charge < -0.3 is 25.8 Å². The molecule has 3 aromatic rings. The van der Waals surface area contributed by atoms with Crippen LogP contribution in [0.25, 0.3) is 16.5 Å². The summed E-state index contributed by atoms with van der Waals surface area (Å²) < 4.78 is 6.21. The van der Waals surface area contributed by atoms with Crippen LogP contribution in [0.15, 0.2) is 34.4 Å². The molecule has 3 rings (SSSR count). The fourth-order valence-corrected chi connectivity index (χ4v) is 5.72. The monoisotopic (exact) mass is 627 g/mol. The molecule has 2 heterocycles. The second kappa shape index (κ2) is 16.0. The number of carboxylic acid groups (broad SMARTS) is 1. The Bertz CT molecular complexity index is 1530. The number of aliphatic carboxylic acids is 1. The molecule has 44 heavy (non-hydrogen) atoms. The van der Waals surface area contributed by atoms with E-state index < -0.39 is 23.5 Å². The number of nitrogens with zero attached hydrogens (tertiary/aromatic N) is 3. The number of fused-ring (bicyclic) bond motifs is 1. The van der Waals surface area contributed by atoms with Gasteiger partial charge in [-0.05, 0) is 64.3 Å². The molecule has 238 valence electrons. The van der Waals surface area contributed by atoms with Gasteiger partial charge in [0, 0.05) is 35.3 Å². The van der Waals surface area contributed by atoms with Gasteiger partial charge in [-0.15, -0.1) is 11.3 Å². The predicted molar refractivity (Wildman–Crippen MR) is 169 cm³/mol. The third-order valence-corrected chi connectivity index (χ3v) is 7.95. The number of nitrogen functional groups attached to an aromatic ring is 1. The van der Waals surface area contributed by atoms with E-state index in [1.54, 1.807) is 41.5 Å². The molecule has 0 saturated heterocycles. The van der Waals surface area contributed by atoms with Crippen molar-refractivity contribution in [1.29, 1.82) is 0 Å². The highest BCUT2D eigenvalue weighted by atomic mass is 32.1. The zero-order valence-electron chi connectivity index (χ0n) is 25.6. The highest BCUT2D eigenvalue weighted by molar-refractivity contribution is 7.15. The van der Waals surface area contributed by atoms with Crippen LogP contribution >= 0.6 is 11.3 Å². The molecule has 0 aliphatic heterocycles. The Kier molecular flexibility index (Phi) is 12.4. The maximum Gasteiger partial charge on any atom is 0.359 e. The molecule has 0 fully saturated rings. The van der Waals surface area contributed by atoms with Crippen molar-refractivity contribution >= 4 is 50.9 Å². The van der Waals surface area contributed by atoms with E-state index in [0.717, 1.165) is 28.9 Å². The molecule has 0 aliphatic carbocycles. The Labute approximate surface area is 260 Å². The number of aromatic nitrogens is 2. The van der Waals surface area contributed by atoms with E-state index in [1.807, 2.05) is 20.8 Å². The Morgan fingerprint density at radius 2 is 1.80 bits per heavy atom. The van der Waals surface area contributed by atoms with E-state index >= 15 is 0 Å². The number of nitrogens with one attached hydrogen (secondary N) is 1. The van der Waals surface area contributed by atoms with Crippen LogP contribution in [0.3, 0.4) is 0 Å². The minimum absolute atomic E-state index is 0.0350. The molecule has 0 aliphatic rings. The average Bonchev–Trinajstić information content (AvgIpc) is 3.38. The standard InChI is InChI=1S/C31H41N5O7S/c1-5-7-11-23(28(39)33-17-10-8-9-12-24(37)38)35(19(3)4)29(40)20-13-15-21(16-14-20)36-30(41)25-22(18-44-27(25)32)26(34-36)31(42)43-6-2/h13-16,18-19,23H,5-12,17,32H2,1-4H3,(H,33,39)(H,37,38). The number of amides is 2. The maximum absolute atomic E-state index is 13.8. The third kappa shape index (κ3) is 8.22. The second-order valence-electron chi connectivity index (χ2n) is 10.7. The smallest absolute Gasteiger partial charge is 0.359 e. The number of carbonyl (C=O) groups excluding carboxylic acids is 3. The Morgan fingerprint density at radius 1 is 1.09 bits per heavy atom. The van der Waals surface area contributed by atoms with Crippen LogP contribution < -0.4 is 16.6 Å². The summed E-state index contributed by atoms with van der Waals surface area (Å²) in [6.45, 7) is 7.92. The summed E-state index contributed by atoms with van der Waals surface area (Å²) in [5, 5.41) is 18.4. The van der Waals surface area contributed by atoms with Crippen molar-refractivity contribution in [1.82, 2.24) is 20.0 Å². The number of carboxylic acids is 1. The summed E-state index contributed by atoms with van der Waals surface area (Å²) in [6, 6.07) is 5.25. The van der Waals surface area contributed by atoms with E-state index in [2.05, 4.69) is 10.4 Å². The first-order valence-corrected chi connectivity index (χ1v) is 15.8. The number of carbonyl (C=O) groups is 4. The number of nitrogens with two attached hydrogens (primary N) is 1. The first-order chi connectivity index (χ1) is 21.0. The van der Waals surface area contributed by atoms with E-state index in [1.165, 1.54) is 0 Å². The summed E-state index contributed by atoms with van der Waals surface area (Å²) >= 11 is 1.13. The van der Waals surface area contributed by atoms with Crippen LogP contribution in [-0.4, -0.2) is 68.8 Å². The third-order valence-electron chi connectivity index (χ3n) is 7.14. The van der Waals surface area contributed by atoms with Crippen molar-refractivity contribution in [3.8, 4) is 5.69 Å². The van der Waals surface area contributed by atoms with Gasteiger partial charge in [0.2, 0.25) is 5.91 Å². The zero-order chi connectivity index (χ0) is 32.4. The van der Waals surface area contributed by atoms with Gasteiger partial charge in [-0.3, -0.25) is 19.2 Å². The largest absolute Gasteiger partial charge is 0.481 e. The molecule has 1 unspecified atom stereocenters. The molecule has 0 bridgehead atoms. The lowest BCUT2D eigenvalue weighted by molar-refractivity contribution is -0.137. The summed E-state index contributed by atoms with van der Waals surface area (Å²) in [4.78, 5) is 65.4. The Hall–Kier alpha value is -4.26. The van der Waals surface area contributed by atoms with Gasteiger partial charge in [-0.25, -0.2) is 4.79 Å². The van der Waals surface area contributed by atoms with Gasteiger partial charge in [0.25, 0.3) is 11.5 Å². The number of thiophene rings is 1. The van der Waals surface area contributed by atoms with Crippen LogP contribution in [-0.2, 0) is 14.3 Å². The van der Waals surface area contributed by atoms with Crippen LogP contribution in [0, 0.1) is 0 Å². The zero-order valence-corrected chi connectivity index (χ0v) is 26.4. The predicted octanol–water partition coefficient (Wildman–Crippen LogP) is 4.38. The second-order valence-corrected chi connectivity index (χ2v) is 11.6. The number of hydrogen-bond acceptors (Lipinski definition) is 9. The van der Waals surface area contributed by atoms with Crippen molar-refractivity contribution in [2.45, 2.75) is 84.7 Å². The fraction of sp³-hybridized carbons (Fsp3) is 0.484. The molecule has 13 heteroatoms. The number of benzene rings is 1. The maximum atomic E-state index is 13.8. The minimum atomic E-state index is -0.842. The van der Waals surface area contributed by atoms with Gasteiger partial charge in [-0.2, -0.15) is 9.78 Å². The number of unbranched alkanes of at least 4 members (excludes halogenated alkanes) is 3. The molecule has 0 spiro atoms. The molecule has 2 amide bonds. The van der Waals surface area contributed by atoms with Crippen molar-refractivity contribution < 1.29 is 29.0 Å². The number of rotatable bonds is 16. The Balaban J connectivity index is 1.87. The molecule has 2 aromatic heterocycles. The minimum Gasteiger partial charge on any atom is -0.481 e. The summed E-state index contributed by atoms with van der Waals surface area (Å²) in [5.74, 6) is -2.11. The van der Waals surface area contributed by atoms with E-state index in [9.17, 15) is 24.0 Å². The lowest BCUT2D eigenvalue weighted by Gasteiger charge is -2.34.